The first kappa shape index (κ1) is 13.4. The van der Waals surface area contributed by atoms with E-state index in [0.717, 1.165) is 25.1 Å². The highest BCUT2D eigenvalue weighted by molar-refractivity contribution is 5.36. The van der Waals surface area contributed by atoms with E-state index in [9.17, 15) is 0 Å². The molecule has 0 aromatic heterocycles. The molecule has 100 valence electrons. The number of rotatable bonds is 7. The Hall–Kier alpha value is -1.06. The van der Waals surface area contributed by atoms with Crippen LogP contribution in [0.1, 0.15) is 38.3 Å². The smallest absolute Gasteiger partial charge is 0.145 e. The van der Waals surface area contributed by atoms with Gasteiger partial charge in [0.05, 0.1) is 13.2 Å². The molecule has 1 aromatic rings. The average molecular weight is 249 g/mol. The molecule has 1 aromatic carbocycles. The third-order valence-electron chi connectivity index (χ3n) is 3.24. The van der Waals surface area contributed by atoms with Crippen molar-refractivity contribution < 1.29 is 9.47 Å². The van der Waals surface area contributed by atoms with E-state index in [0.29, 0.717) is 19.3 Å². The highest BCUT2D eigenvalue weighted by atomic mass is 16.6. The van der Waals surface area contributed by atoms with Gasteiger partial charge in [-0.15, -0.1) is 0 Å². The maximum Gasteiger partial charge on any atom is 0.145 e. The zero-order chi connectivity index (χ0) is 12.8. The summed E-state index contributed by atoms with van der Waals surface area (Å²) in [5.41, 5.74) is 1.26. The first-order chi connectivity index (χ1) is 8.85. The average Bonchev–Trinajstić information content (AvgIpc) is 2.36. The molecule has 3 heteroatoms. The minimum Gasteiger partial charge on any atom is -0.485 e. The van der Waals surface area contributed by atoms with Crippen LogP contribution in [0.2, 0.25) is 0 Å². The third-order valence-corrected chi connectivity index (χ3v) is 3.24. The van der Waals surface area contributed by atoms with Crippen LogP contribution in [0.5, 0.6) is 5.75 Å². The van der Waals surface area contributed by atoms with Crippen molar-refractivity contribution in [1.29, 1.82) is 0 Å². The van der Waals surface area contributed by atoms with E-state index in [1.54, 1.807) is 0 Å². The van der Waals surface area contributed by atoms with E-state index in [1.807, 2.05) is 6.07 Å². The molecule has 2 rings (SSSR count). The molecule has 1 fully saturated rings. The quantitative estimate of drug-likeness (QED) is 0.806. The monoisotopic (exact) mass is 249 g/mol. The summed E-state index contributed by atoms with van der Waals surface area (Å²) in [4.78, 5) is 0. The summed E-state index contributed by atoms with van der Waals surface area (Å²) in [6, 6.07) is 8.71. The van der Waals surface area contributed by atoms with Gasteiger partial charge in [-0.05, 0) is 25.5 Å². The Kier molecular flexibility index (Phi) is 5.02. The van der Waals surface area contributed by atoms with Gasteiger partial charge in [0.2, 0.25) is 0 Å². The van der Waals surface area contributed by atoms with Crippen molar-refractivity contribution >= 4 is 0 Å². The number of para-hydroxylation sites is 1. The molecule has 0 bridgehead atoms. The highest BCUT2D eigenvalue weighted by Gasteiger charge is 2.22. The van der Waals surface area contributed by atoms with Crippen LogP contribution in [0.25, 0.3) is 0 Å². The molecule has 0 radical (unpaired) electrons. The van der Waals surface area contributed by atoms with Gasteiger partial charge in [0.15, 0.2) is 0 Å². The Morgan fingerprint density at radius 2 is 2.11 bits per heavy atom. The van der Waals surface area contributed by atoms with E-state index in [1.165, 1.54) is 5.56 Å². The summed E-state index contributed by atoms with van der Waals surface area (Å²) in [6.07, 6.45) is 2.45. The van der Waals surface area contributed by atoms with Gasteiger partial charge in [-0.2, -0.15) is 0 Å². The molecule has 1 aliphatic heterocycles. The molecule has 0 amide bonds. The van der Waals surface area contributed by atoms with Gasteiger partial charge < -0.3 is 14.8 Å². The van der Waals surface area contributed by atoms with Crippen LogP contribution < -0.4 is 10.1 Å². The van der Waals surface area contributed by atoms with Gasteiger partial charge in [-0.3, -0.25) is 0 Å². The summed E-state index contributed by atoms with van der Waals surface area (Å²) < 4.78 is 11.1. The van der Waals surface area contributed by atoms with Crippen molar-refractivity contribution in [3.63, 3.8) is 0 Å². The van der Waals surface area contributed by atoms with Crippen molar-refractivity contribution in [1.82, 2.24) is 5.32 Å². The Labute approximate surface area is 109 Å². The van der Waals surface area contributed by atoms with Crippen molar-refractivity contribution in [2.75, 3.05) is 19.8 Å². The normalized spacial score (nSPS) is 17.2. The van der Waals surface area contributed by atoms with E-state index >= 15 is 0 Å². The van der Waals surface area contributed by atoms with Crippen LogP contribution >= 0.6 is 0 Å². The van der Waals surface area contributed by atoms with Crippen molar-refractivity contribution in [2.45, 2.75) is 38.8 Å². The van der Waals surface area contributed by atoms with Crippen LogP contribution in [-0.4, -0.2) is 25.9 Å². The molecular weight excluding hydrogens is 226 g/mol. The predicted octanol–water partition coefficient (Wildman–Crippen LogP) is 2.91. The summed E-state index contributed by atoms with van der Waals surface area (Å²) in [6.45, 7) is 6.87. The number of hydrogen-bond acceptors (Lipinski definition) is 3. The minimum atomic E-state index is 0.231. The summed E-state index contributed by atoms with van der Waals surface area (Å²) in [5, 5.41) is 3.57. The number of ether oxygens (including phenoxy) is 2. The second-order valence-corrected chi connectivity index (χ2v) is 4.73. The lowest BCUT2D eigenvalue weighted by Gasteiger charge is -2.29. The van der Waals surface area contributed by atoms with Crippen LogP contribution in [-0.2, 0) is 4.74 Å². The zero-order valence-corrected chi connectivity index (χ0v) is 11.3. The number of nitrogens with one attached hydrogen (secondary N) is 1. The molecule has 1 unspecified atom stereocenters. The first-order valence-electron chi connectivity index (χ1n) is 6.91. The second kappa shape index (κ2) is 6.76. The van der Waals surface area contributed by atoms with Crippen molar-refractivity contribution in [3.05, 3.63) is 29.8 Å². The van der Waals surface area contributed by atoms with Gasteiger partial charge >= 0.3 is 0 Å². The van der Waals surface area contributed by atoms with Crippen LogP contribution in [0.3, 0.4) is 0 Å². The Bertz CT molecular complexity index is 363. The maximum atomic E-state index is 5.98. The van der Waals surface area contributed by atoms with E-state index < -0.39 is 0 Å². The Balaban J connectivity index is 2.08. The van der Waals surface area contributed by atoms with Gasteiger partial charge in [0, 0.05) is 11.6 Å². The highest BCUT2D eigenvalue weighted by Crippen LogP contribution is 2.28. The van der Waals surface area contributed by atoms with Gasteiger partial charge in [0.25, 0.3) is 0 Å². The lowest BCUT2D eigenvalue weighted by Crippen LogP contribution is -2.39. The molecule has 3 nitrogen and oxygen atoms in total. The molecular formula is C15H23NO2. The molecule has 1 heterocycles. The largest absolute Gasteiger partial charge is 0.485 e. The van der Waals surface area contributed by atoms with Crippen molar-refractivity contribution in [2.24, 2.45) is 0 Å². The molecule has 1 aliphatic rings. The molecule has 1 N–H and O–H groups in total. The molecule has 0 aliphatic carbocycles. The number of hydrogen-bond donors (Lipinski definition) is 1. The van der Waals surface area contributed by atoms with E-state index in [2.05, 4.69) is 37.4 Å². The fraction of sp³-hybridized carbons (Fsp3) is 0.600. The van der Waals surface area contributed by atoms with Gasteiger partial charge in [0.1, 0.15) is 11.9 Å². The van der Waals surface area contributed by atoms with Crippen LogP contribution in [0.4, 0.5) is 0 Å². The summed E-state index contributed by atoms with van der Waals surface area (Å²) >= 11 is 0. The van der Waals surface area contributed by atoms with Crippen LogP contribution in [0, 0.1) is 0 Å². The topological polar surface area (TPSA) is 30.5 Å². The first-order valence-corrected chi connectivity index (χ1v) is 6.91. The van der Waals surface area contributed by atoms with E-state index in [4.69, 9.17) is 9.47 Å². The molecule has 18 heavy (non-hydrogen) atoms. The lowest BCUT2D eigenvalue weighted by atomic mass is 10.0. The molecule has 0 spiro atoms. The van der Waals surface area contributed by atoms with E-state index in [-0.39, 0.29) is 6.10 Å². The van der Waals surface area contributed by atoms with Gasteiger partial charge in [-0.1, -0.05) is 32.0 Å². The Morgan fingerprint density at radius 1 is 1.33 bits per heavy atom. The molecule has 1 atom stereocenters. The summed E-state index contributed by atoms with van der Waals surface area (Å²) in [7, 11) is 0. The zero-order valence-electron chi connectivity index (χ0n) is 11.3. The molecule has 1 saturated heterocycles. The summed E-state index contributed by atoms with van der Waals surface area (Å²) in [5.74, 6) is 1.00. The fourth-order valence-electron chi connectivity index (χ4n) is 2.13. The third kappa shape index (κ3) is 3.24. The second-order valence-electron chi connectivity index (χ2n) is 4.73. The number of benzene rings is 1. The van der Waals surface area contributed by atoms with Crippen molar-refractivity contribution in [3.8, 4) is 5.75 Å². The van der Waals surface area contributed by atoms with Crippen LogP contribution in [0.15, 0.2) is 24.3 Å². The fourth-order valence-corrected chi connectivity index (χ4v) is 2.13. The molecule has 0 saturated carbocycles. The Morgan fingerprint density at radius 3 is 2.72 bits per heavy atom. The standard InChI is InChI=1S/C15H23NO2/c1-3-9-16-14(4-2)13-7-5-6-8-15(13)18-12-10-17-11-12/h5-8,12,14,16H,3-4,9-11H2,1-2H3. The maximum absolute atomic E-state index is 5.98. The SMILES string of the molecule is CCCNC(CC)c1ccccc1OC1COC1. The predicted molar refractivity (Wildman–Crippen MR) is 73.0 cm³/mol. The lowest BCUT2D eigenvalue weighted by molar-refractivity contribution is -0.0801. The van der Waals surface area contributed by atoms with Gasteiger partial charge in [-0.25, -0.2) is 0 Å². The minimum absolute atomic E-state index is 0.231.